The van der Waals surface area contributed by atoms with Crippen molar-refractivity contribution in [1.29, 1.82) is 0 Å². The lowest BCUT2D eigenvalue weighted by Gasteiger charge is -2.35. The molecule has 0 spiro atoms. The van der Waals surface area contributed by atoms with Crippen LogP contribution in [0.25, 0.3) is 0 Å². The third-order valence-corrected chi connectivity index (χ3v) is 7.87. The fourth-order valence-corrected chi connectivity index (χ4v) is 5.66. The summed E-state index contributed by atoms with van der Waals surface area (Å²) in [6.45, 7) is 1.07. The van der Waals surface area contributed by atoms with E-state index in [2.05, 4.69) is 10.6 Å². The molecule has 1 saturated heterocycles. The van der Waals surface area contributed by atoms with E-state index in [4.69, 9.17) is 16.3 Å². The molecule has 0 aromatic heterocycles. The summed E-state index contributed by atoms with van der Waals surface area (Å²) in [6.07, 6.45) is 0.887. The molecule has 2 aliphatic heterocycles. The molecule has 11 heteroatoms. The van der Waals surface area contributed by atoms with Crippen molar-refractivity contribution < 1.29 is 22.7 Å². The molecule has 176 valence electrons. The highest BCUT2D eigenvalue weighted by molar-refractivity contribution is 7.89. The zero-order valence-electron chi connectivity index (χ0n) is 18.1. The van der Waals surface area contributed by atoms with Gasteiger partial charge in [-0.2, -0.15) is 4.31 Å². The molecule has 9 nitrogen and oxygen atoms in total. The summed E-state index contributed by atoms with van der Waals surface area (Å²) >= 11 is 6.25. The van der Waals surface area contributed by atoms with Gasteiger partial charge in [0.05, 0.1) is 34.4 Å². The van der Waals surface area contributed by atoms with Gasteiger partial charge in [-0.25, -0.2) is 8.42 Å². The Kier molecular flexibility index (Phi) is 6.78. The minimum absolute atomic E-state index is 0.0761. The third-order valence-electron chi connectivity index (χ3n) is 5.65. The van der Waals surface area contributed by atoms with Gasteiger partial charge in [0, 0.05) is 20.1 Å². The lowest BCUT2D eigenvalue weighted by molar-refractivity contribution is -0.127. The Hall–Kier alpha value is -2.82. The fourth-order valence-electron chi connectivity index (χ4n) is 3.96. The van der Waals surface area contributed by atoms with E-state index in [0.29, 0.717) is 24.5 Å². The van der Waals surface area contributed by atoms with Crippen LogP contribution in [0.1, 0.15) is 12.8 Å². The van der Waals surface area contributed by atoms with Gasteiger partial charge in [-0.3, -0.25) is 9.59 Å². The van der Waals surface area contributed by atoms with Gasteiger partial charge in [0.2, 0.25) is 15.9 Å². The first-order valence-electron chi connectivity index (χ1n) is 10.6. The number of sulfonamides is 1. The number of carbonyl (C=O) groups excluding carboxylic acids is 2. The number of carbonyl (C=O) groups is 2. The van der Waals surface area contributed by atoms with Crippen LogP contribution >= 0.6 is 11.6 Å². The molecule has 2 aliphatic rings. The minimum atomic E-state index is -3.65. The zero-order chi connectivity index (χ0) is 23.6. The first-order chi connectivity index (χ1) is 15.8. The number of hydrogen-bond donors (Lipinski definition) is 2. The fraction of sp³-hybridized carbons (Fsp3) is 0.364. The van der Waals surface area contributed by atoms with E-state index in [9.17, 15) is 18.0 Å². The first kappa shape index (κ1) is 23.3. The molecule has 1 fully saturated rings. The number of fused-ring (bicyclic) bond motifs is 1. The van der Waals surface area contributed by atoms with Gasteiger partial charge in [-0.1, -0.05) is 23.7 Å². The molecule has 4 rings (SSSR count). The van der Waals surface area contributed by atoms with Gasteiger partial charge in [-0.15, -0.1) is 0 Å². The van der Waals surface area contributed by atoms with Crippen LogP contribution in [-0.2, 0) is 19.6 Å². The summed E-state index contributed by atoms with van der Waals surface area (Å²) in [5.41, 5.74) is 0.899. The highest BCUT2D eigenvalue weighted by Crippen LogP contribution is 2.33. The number of rotatable bonds is 6. The van der Waals surface area contributed by atoms with Crippen molar-refractivity contribution in [1.82, 2.24) is 9.62 Å². The Morgan fingerprint density at radius 3 is 2.61 bits per heavy atom. The van der Waals surface area contributed by atoms with Gasteiger partial charge in [-0.05, 0) is 43.2 Å². The Morgan fingerprint density at radius 2 is 1.88 bits per heavy atom. The van der Waals surface area contributed by atoms with Crippen LogP contribution in [0.5, 0.6) is 5.75 Å². The molecular weight excluding hydrogens is 468 g/mol. The van der Waals surface area contributed by atoms with Crippen molar-refractivity contribution in [2.75, 3.05) is 43.4 Å². The van der Waals surface area contributed by atoms with E-state index in [0.717, 1.165) is 12.8 Å². The largest absolute Gasteiger partial charge is 0.477 e. The number of benzene rings is 2. The first-order valence-corrected chi connectivity index (χ1v) is 12.4. The van der Waals surface area contributed by atoms with Crippen molar-refractivity contribution in [2.45, 2.75) is 23.8 Å². The second-order valence-electron chi connectivity index (χ2n) is 7.87. The van der Waals surface area contributed by atoms with Gasteiger partial charge in [0.1, 0.15) is 5.75 Å². The van der Waals surface area contributed by atoms with Crippen LogP contribution in [0.3, 0.4) is 0 Å². The number of nitrogens with zero attached hydrogens (tertiary/aromatic N) is 2. The molecule has 2 amide bonds. The van der Waals surface area contributed by atoms with Crippen LogP contribution in [0.4, 0.5) is 11.4 Å². The average molecular weight is 493 g/mol. The SMILES string of the molecule is CNC(=O)[C@@H]1CN(CC(=O)Nc2cc(S(=O)(=O)N3CCCC3)ccc2Cl)c2ccccc2O1. The second kappa shape index (κ2) is 9.58. The van der Waals surface area contributed by atoms with E-state index < -0.39 is 22.0 Å². The normalized spacial score (nSPS) is 18.4. The highest BCUT2D eigenvalue weighted by Gasteiger charge is 2.31. The molecule has 0 radical (unpaired) electrons. The Balaban J connectivity index is 1.52. The number of halogens is 1. The zero-order valence-corrected chi connectivity index (χ0v) is 19.7. The van der Waals surface area contributed by atoms with Gasteiger partial charge < -0.3 is 20.3 Å². The second-order valence-corrected chi connectivity index (χ2v) is 10.2. The van der Waals surface area contributed by atoms with E-state index >= 15 is 0 Å². The number of likely N-dealkylation sites (N-methyl/N-ethyl adjacent to an activating group) is 1. The third kappa shape index (κ3) is 4.92. The predicted molar refractivity (Wildman–Crippen MR) is 125 cm³/mol. The topological polar surface area (TPSA) is 108 Å². The van der Waals surface area contributed by atoms with E-state index in [-0.39, 0.29) is 34.6 Å². The van der Waals surface area contributed by atoms with Crippen LogP contribution in [-0.4, -0.2) is 63.9 Å². The van der Waals surface area contributed by atoms with Gasteiger partial charge >= 0.3 is 0 Å². The molecule has 2 aromatic rings. The van der Waals surface area contributed by atoms with Crippen molar-refractivity contribution >= 4 is 44.8 Å². The van der Waals surface area contributed by atoms with Crippen molar-refractivity contribution in [3.8, 4) is 5.75 Å². The minimum Gasteiger partial charge on any atom is -0.477 e. The Labute approximate surface area is 197 Å². The molecular formula is C22H25ClN4O5S. The van der Waals surface area contributed by atoms with E-state index in [1.54, 1.807) is 23.1 Å². The van der Waals surface area contributed by atoms with Gasteiger partial charge in [0.25, 0.3) is 5.91 Å². The maximum absolute atomic E-state index is 12.9. The van der Waals surface area contributed by atoms with Crippen LogP contribution in [0.15, 0.2) is 47.4 Å². The maximum atomic E-state index is 12.9. The summed E-state index contributed by atoms with van der Waals surface area (Å²) in [5, 5.41) is 5.50. The summed E-state index contributed by atoms with van der Waals surface area (Å²) in [4.78, 5) is 26.9. The van der Waals surface area contributed by atoms with Crippen molar-refractivity contribution in [3.63, 3.8) is 0 Å². The molecule has 2 heterocycles. The number of para-hydroxylation sites is 2. The maximum Gasteiger partial charge on any atom is 0.262 e. The molecule has 0 aliphatic carbocycles. The molecule has 0 saturated carbocycles. The van der Waals surface area contributed by atoms with Crippen LogP contribution in [0.2, 0.25) is 5.02 Å². The van der Waals surface area contributed by atoms with Crippen molar-refractivity contribution in [2.24, 2.45) is 0 Å². The summed E-state index contributed by atoms with van der Waals surface area (Å²) in [5.74, 6) is -0.195. The number of ether oxygens (including phenoxy) is 1. The van der Waals surface area contributed by atoms with Gasteiger partial charge in [0.15, 0.2) is 6.10 Å². The lowest BCUT2D eigenvalue weighted by atomic mass is 10.1. The molecule has 0 unspecified atom stereocenters. The highest BCUT2D eigenvalue weighted by atomic mass is 35.5. The number of nitrogens with one attached hydrogen (secondary N) is 2. The molecule has 0 bridgehead atoms. The smallest absolute Gasteiger partial charge is 0.262 e. The standard InChI is InChI=1S/C22H25ClN4O5S/c1-24-22(29)20-13-26(18-6-2-3-7-19(18)32-20)14-21(28)25-17-12-15(8-9-16(17)23)33(30,31)27-10-4-5-11-27/h2-3,6-9,12,20H,4-5,10-11,13-14H2,1H3,(H,24,29)(H,25,28)/t20-/m0/s1. The van der Waals surface area contributed by atoms with Crippen molar-refractivity contribution in [3.05, 3.63) is 47.5 Å². The predicted octanol–water partition coefficient (Wildman–Crippen LogP) is 2.08. The Morgan fingerprint density at radius 1 is 1.15 bits per heavy atom. The number of amides is 2. The molecule has 2 N–H and O–H groups in total. The monoisotopic (exact) mass is 492 g/mol. The van der Waals surface area contributed by atoms with E-state index in [1.807, 2.05) is 6.07 Å². The van der Waals surface area contributed by atoms with Crippen LogP contribution < -0.4 is 20.3 Å². The quantitative estimate of drug-likeness (QED) is 0.639. The molecule has 2 aromatic carbocycles. The molecule has 1 atom stereocenters. The number of hydrogen-bond acceptors (Lipinski definition) is 6. The number of anilines is 2. The summed E-state index contributed by atoms with van der Waals surface area (Å²) in [7, 11) is -2.13. The summed E-state index contributed by atoms with van der Waals surface area (Å²) < 4.78 is 32.9. The average Bonchev–Trinajstić information content (AvgIpc) is 3.36. The van der Waals surface area contributed by atoms with E-state index in [1.165, 1.54) is 29.6 Å². The summed E-state index contributed by atoms with van der Waals surface area (Å²) in [6, 6.07) is 11.4. The molecule has 33 heavy (non-hydrogen) atoms. The lowest BCUT2D eigenvalue weighted by Crippen LogP contribution is -2.50. The van der Waals surface area contributed by atoms with Crippen LogP contribution in [0, 0.1) is 0 Å². The Bertz CT molecular complexity index is 1170.